The summed E-state index contributed by atoms with van der Waals surface area (Å²) < 4.78 is 5.29. The standard InChI is InChI=1S/C19H19N3O2/c1-4-19-20-8-7-17(22-19)14-9-13-5-6-15(24-3)11-16(13)18(10-14)21-12(2)23/h5-11H,4H2,1-3H3,(H,21,23). The van der Waals surface area contributed by atoms with Crippen LogP contribution in [0.1, 0.15) is 19.7 Å². The van der Waals surface area contributed by atoms with Gasteiger partial charge in [0, 0.05) is 36.2 Å². The van der Waals surface area contributed by atoms with Gasteiger partial charge < -0.3 is 10.1 Å². The van der Waals surface area contributed by atoms with Gasteiger partial charge in [0.15, 0.2) is 0 Å². The van der Waals surface area contributed by atoms with Crippen molar-refractivity contribution in [2.75, 3.05) is 12.4 Å². The highest BCUT2D eigenvalue weighted by Crippen LogP contribution is 2.32. The molecule has 24 heavy (non-hydrogen) atoms. The summed E-state index contributed by atoms with van der Waals surface area (Å²) in [6.45, 7) is 3.52. The number of hydrogen-bond donors (Lipinski definition) is 1. The molecule has 5 heteroatoms. The van der Waals surface area contributed by atoms with E-state index in [1.165, 1.54) is 6.92 Å². The van der Waals surface area contributed by atoms with E-state index in [9.17, 15) is 4.79 Å². The number of methoxy groups -OCH3 is 1. The molecular weight excluding hydrogens is 302 g/mol. The zero-order valence-electron chi connectivity index (χ0n) is 14.0. The molecule has 0 bridgehead atoms. The molecule has 0 saturated heterocycles. The van der Waals surface area contributed by atoms with Gasteiger partial charge in [-0.25, -0.2) is 9.97 Å². The van der Waals surface area contributed by atoms with Crippen molar-refractivity contribution in [1.29, 1.82) is 0 Å². The molecule has 1 N–H and O–H groups in total. The fraction of sp³-hybridized carbons (Fsp3) is 0.211. The Morgan fingerprint density at radius 2 is 2.04 bits per heavy atom. The van der Waals surface area contributed by atoms with E-state index in [4.69, 9.17) is 4.74 Å². The number of benzene rings is 2. The first-order valence-corrected chi connectivity index (χ1v) is 7.82. The quantitative estimate of drug-likeness (QED) is 0.793. The van der Waals surface area contributed by atoms with Crippen molar-refractivity contribution in [3.63, 3.8) is 0 Å². The Morgan fingerprint density at radius 3 is 2.75 bits per heavy atom. The number of nitrogens with one attached hydrogen (secondary N) is 1. The second-order valence-corrected chi connectivity index (χ2v) is 5.50. The van der Waals surface area contributed by atoms with Gasteiger partial charge in [-0.2, -0.15) is 0 Å². The highest BCUT2D eigenvalue weighted by Gasteiger charge is 2.10. The monoisotopic (exact) mass is 321 g/mol. The molecule has 5 nitrogen and oxygen atoms in total. The van der Waals surface area contributed by atoms with Crippen LogP contribution in [0.5, 0.6) is 5.75 Å². The number of aromatic nitrogens is 2. The lowest BCUT2D eigenvalue weighted by Gasteiger charge is -2.12. The van der Waals surface area contributed by atoms with E-state index in [0.717, 1.165) is 45.7 Å². The number of ether oxygens (including phenoxy) is 1. The molecule has 0 fully saturated rings. The number of nitrogens with zero attached hydrogens (tertiary/aromatic N) is 2. The van der Waals surface area contributed by atoms with Gasteiger partial charge >= 0.3 is 0 Å². The van der Waals surface area contributed by atoms with Gasteiger partial charge in [0.25, 0.3) is 0 Å². The molecule has 1 heterocycles. The van der Waals surface area contributed by atoms with E-state index in [0.29, 0.717) is 0 Å². The first-order chi connectivity index (χ1) is 11.6. The molecular formula is C19H19N3O2. The van der Waals surface area contributed by atoms with Crippen molar-refractivity contribution < 1.29 is 9.53 Å². The number of amides is 1. The van der Waals surface area contributed by atoms with Crippen LogP contribution in [0.15, 0.2) is 42.6 Å². The minimum Gasteiger partial charge on any atom is -0.497 e. The average molecular weight is 321 g/mol. The van der Waals surface area contributed by atoms with E-state index in [-0.39, 0.29) is 5.91 Å². The predicted molar refractivity (Wildman–Crippen MR) is 95.2 cm³/mol. The predicted octanol–water partition coefficient (Wildman–Crippen LogP) is 3.83. The Morgan fingerprint density at radius 1 is 1.21 bits per heavy atom. The van der Waals surface area contributed by atoms with Crippen LogP contribution in [0.25, 0.3) is 22.0 Å². The molecule has 1 amide bonds. The van der Waals surface area contributed by atoms with Crippen LogP contribution in [-0.2, 0) is 11.2 Å². The second-order valence-electron chi connectivity index (χ2n) is 5.50. The third-order valence-electron chi connectivity index (χ3n) is 3.79. The zero-order chi connectivity index (χ0) is 17.1. The lowest BCUT2D eigenvalue weighted by Crippen LogP contribution is -2.06. The maximum Gasteiger partial charge on any atom is 0.221 e. The third-order valence-corrected chi connectivity index (χ3v) is 3.79. The van der Waals surface area contributed by atoms with Crippen molar-refractivity contribution in [3.8, 4) is 17.0 Å². The normalized spacial score (nSPS) is 10.6. The van der Waals surface area contributed by atoms with Gasteiger partial charge in [-0.05, 0) is 35.7 Å². The molecule has 0 atom stereocenters. The molecule has 1 aromatic heterocycles. The number of anilines is 1. The summed E-state index contributed by atoms with van der Waals surface area (Å²) in [7, 11) is 1.63. The molecule has 0 unspecified atom stereocenters. The van der Waals surface area contributed by atoms with E-state index in [2.05, 4.69) is 21.4 Å². The molecule has 2 aromatic carbocycles. The van der Waals surface area contributed by atoms with Gasteiger partial charge in [-0.15, -0.1) is 0 Å². The summed E-state index contributed by atoms with van der Waals surface area (Å²) in [5.74, 6) is 1.42. The maximum atomic E-state index is 11.6. The van der Waals surface area contributed by atoms with Crippen molar-refractivity contribution in [1.82, 2.24) is 9.97 Å². The van der Waals surface area contributed by atoms with Crippen LogP contribution in [0.3, 0.4) is 0 Å². The summed E-state index contributed by atoms with van der Waals surface area (Å²) in [5, 5.41) is 4.84. The molecule has 0 aliphatic heterocycles. The summed E-state index contributed by atoms with van der Waals surface area (Å²) >= 11 is 0. The lowest BCUT2D eigenvalue weighted by molar-refractivity contribution is -0.114. The van der Waals surface area contributed by atoms with Crippen LogP contribution < -0.4 is 10.1 Å². The lowest BCUT2D eigenvalue weighted by atomic mass is 10.0. The number of aryl methyl sites for hydroxylation is 1. The molecule has 122 valence electrons. The average Bonchev–Trinajstić information content (AvgIpc) is 2.60. The van der Waals surface area contributed by atoms with Gasteiger partial charge in [0.1, 0.15) is 11.6 Å². The topological polar surface area (TPSA) is 64.1 Å². The van der Waals surface area contributed by atoms with Crippen molar-refractivity contribution in [3.05, 3.63) is 48.4 Å². The third kappa shape index (κ3) is 3.20. The highest BCUT2D eigenvalue weighted by atomic mass is 16.5. The Labute approximate surface area is 140 Å². The first kappa shape index (κ1) is 15.9. The minimum absolute atomic E-state index is 0.117. The fourth-order valence-corrected chi connectivity index (χ4v) is 2.64. The summed E-state index contributed by atoms with van der Waals surface area (Å²) in [4.78, 5) is 20.4. The number of fused-ring (bicyclic) bond motifs is 1. The molecule has 0 radical (unpaired) electrons. The SMILES string of the molecule is CCc1nccc(-c2cc(NC(C)=O)c3cc(OC)ccc3c2)n1. The van der Waals surface area contributed by atoms with Gasteiger partial charge in [0.2, 0.25) is 5.91 Å². The molecule has 3 aromatic rings. The van der Waals surface area contributed by atoms with E-state index in [1.807, 2.05) is 37.3 Å². The number of rotatable bonds is 4. The van der Waals surface area contributed by atoms with Gasteiger partial charge in [-0.1, -0.05) is 13.0 Å². The summed E-state index contributed by atoms with van der Waals surface area (Å²) in [6, 6.07) is 11.7. The Kier molecular flexibility index (Phi) is 4.42. The molecule has 0 aliphatic rings. The maximum absolute atomic E-state index is 11.6. The Bertz CT molecular complexity index is 906. The number of hydrogen-bond acceptors (Lipinski definition) is 4. The number of carbonyl (C=O) groups is 1. The van der Waals surface area contributed by atoms with Crippen molar-refractivity contribution >= 4 is 22.4 Å². The fourth-order valence-electron chi connectivity index (χ4n) is 2.64. The molecule has 0 saturated carbocycles. The van der Waals surface area contributed by atoms with Crippen LogP contribution >= 0.6 is 0 Å². The Hall–Kier alpha value is -2.95. The first-order valence-electron chi connectivity index (χ1n) is 7.82. The second kappa shape index (κ2) is 6.66. The number of carbonyl (C=O) groups excluding carboxylic acids is 1. The van der Waals surface area contributed by atoms with E-state index >= 15 is 0 Å². The molecule has 0 spiro atoms. The molecule has 0 aliphatic carbocycles. The zero-order valence-corrected chi connectivity index (χ0v) is 14.0. The van der Waals surface area contributed by atoms with Crippen LogP contribution in [0, 0.1) is 0 Å². The Balaban J connectivity index is 2.20. The molecule has 3 rings (SSSR count). The van der Waals surface area contributed by atoms with E-state index < -0.39 is 0 Å². The van der Waals surface area contributed by atoms with Crippen LogP contribution in [-0.4, -0.2) is 23.0 Å². The van der Waals surface area contributed by atoms with Crippen molar-refractivity contribution in [2.45, 2.75) is 20.3 Å². The van der Waals surface area contributed by atoms with Gasteiger partial charge in [0.05, 0.1) is 12.8 Å². The largest absolute Gasteiger partial charge is 0.497 e. The summed E-state index contributed by atoms with van der Waals surface area (Å²) in [5.41, 5.74) is 2.52. The van der Waals surface area contributed by atoms with Crippen molar-refractivity contribution in [2.24, 2.45) is 0 Å². The highest BCUT2D eigenvalue weighted by molar-refractivity contribution is 6.04. The minimum atomic E-state index is -0.117. The summed E-state index contributed by atoms with van der Waals surface area (Å²) in [6.07, 6.45) is 2.54. The van der Waals surface area contributed by atoms with Crippen LogP contribution in [0.4, 0.5) is 5.69 Å². The van der Waals surface area contributed by atoms with E-state index in [1.54, 1.807) is 13.3 Å². The smallest absolute Gasteiger partial charge is 0.221 e. The van der Waals surface area contributed by atoms with Gasteiger partial charge in [-0.3, -0.25) is 4.79 Å². The van der Waals surface area contributed by atoms with Crippen LogP contribution in [0.2, 0.25) is 0 Å².